The highest BCUT2D eigenvalue weighted by atomic mass is 79.9. The summed E-state index contributed by atoms with van der Waals surface area (Å²) >= 11 is 5.72. The number of hydrogen-bond acceptors (Lipinski definition) is 3. The molecule has 0 radical (unpaired) electrons. The van der Waals surface area contributed by atoms with Gasteiger partial charge in [-0.25, -0.2) is 0 Å². The van der Waals surface area contributed by atoms with Crippen LogP contribution in [0.3, 0.4) is 0 Å². The van der Waals surface area contributed by atoms with Crippen molar-refractivity contribution in [3.63, 3.8) is 0 Å². The molecule has 1 heterocycles. The van der Waals surface area contributed by atoms with Crippen molar-refractivity contribution in [2.24, 2.45) is 0 Å². The molecular formula is C17H27BrN2S. The van der Waals surface area contributed by atoms with Gasteiger partial charge in [0.25, 0.3) is 0 Å². The van der Waals surface area contributed by atoms with Crippen LogP contribution >= 0.6 is 27.7 Å². The summed E-state index contributed by atoms with van der Waals surface area (Å²) in [4.78, 5) is 2.57. The van der Waals surface area contributed by atoms with Crippen LogP contribution in [0.25, 0.3) is 0 Å². The zero-order valence-corrected chi connectivity index (χ0v) is 15.8. The second-order valence-electron chi connectivity index (χ2n) is 6.30. The predicted molar refractivity (Wildman–Crippen MR) is 99.5 cm³/mol. The highest BCUT2D eigenvalue weighted by Crippen LogP contribution is 2.33. The maximum absolute atomic E-state index is 3.61. The Hall–Kier alpha value is -0.190. The molecule has 0 unspecified atom stereocenters. The minimum absolute atomic E-state index is 0.407. The quantitative estimate of drug-likeness (QED) is 0.758. The number of nitrogens with one attached hydrogen (secondary N) is 1. The Bertz CT molecular complexity index is 462. The lowest BCUT2D eigenvalue weighted by molar-refractivity contribution is 0.633. The Labute approximate surface area is 142 Å². The molecule has 1 aliphatic rings. The van der Waals surface area contributed by atoms with Gasteiger partial charge in [0.2, 0.25) is 0 Å². The first-order chi connectivity index (χ1) is 10.0. The molecule has 1 aliphatic heterocycles. The number of nitrogens with zero attached hydrogens (tertiary/aromatic N) is 1. The van der Waals surface area contributed by atoms with E-state index in [1.165, 1.54) is 34.3 Å². The fourth-order valence-corrected chi connectivity index (χ4v) is 4.17. The lowest BCUT2D eigenvalue weighted by atomic mass is 10.1. The van der Waals surface area contributed by atoms with E-state index in [2.05, 4.69) is 76.9 Å². The fourth-order valence-electron chi connectivity index (χ4n) is 2.67. The van der Waals surface area contributed by atoms with E-state index in [1.807, 2.05) is 0 Å². The molecule has 0 aromatic heterocycles. The summed E-state index contributed by atoms with van der Waals surface area (Å²) in [7, 11) is 0. The van der Waals surface area contributed by atoms with Crippen LogP contribution in [0.4, 0.5) is 5.69 Å². The molecule has 21 heavy (non-hydrogen) atoms. The van der Waals surface area contributed by atoms with Gasteiger partial charge in [0.05, 0.1) is 0 Å². The molecule has 0 atom stereocenters. The summed E-state index contributed by atoms with van der Waals surface area (Å²) in [5, 5.41) is 3.54. The van der Waals surface area contributed by atoms with Gasteiger partial charge in [0.15, 0.2) is 0 Å². The molecule has 0 spiro atoms. The Balaban J connectivity index is 2.13. The smallest absolute Gasteiger partial charge is 0.0412 e. The molecule has 2 nitrogen and oxygen atoms in total. The van der Waals surface area contributed by atoms with E-state index in [9.17, 15) is 0 Å². The van der Waals surface area contributed by atoms with Gasteiger partial charge in [-0.15, -0.1) is 0 Å². The van der Waals surface area contributed by atoms with Gasteiger partial charge < -0.3 is 10.2 Å². The first kappa shape index (κ1) is 17.2. The zero-order valence-electron chi connectivity index (χ0n) is 13.4. The van der Waals surface area contributed by atoms with Crippen LogP contribution in [0.2, 0.25) is 0 Å². The van der Waals surface area contributed by atoms with Gasteiger partial charge in [-0.3, -0.25) is 0 Å². The average Bonchev–Trinajstić information content (AvgIpc) is 2.60. The van der Waals surface area contributed by atoms with Crippen LogP contribution in [0, 0.1) is 0 Å². The van der Waals surface area contributed by atoms with Crippen molar-refractivity contribution in [1.29, 1.82) is 0 Å². The number of anilines is 1. The van der Waals surface area contributed by atoms with E-state index >= 15 is 0 Å². The molecule has 118 valence electrons. The van der Waals surface area contributed by atoms with Crippen molar-refractivity contribution >= 4 is 33.4 Å². The second kappa shape index (κ2) is 7.89. The SMILES string of the molecule is CCCNCc1cc(Br)ccc1N1CCSC(C)(C)CC1. The molecule has 0 amide bonds. The lowest BCUT2D eigenvalue weighted by Gasteiger charge is -2.26. The Morgan fingerprint density at radius 1 is 1.33 bits per heavy atom. The first-order valence-corrected chi connectivity index (χ1v) is 9.68. The van der Waals surface area contributed by atoms with E-state index in [0.717, 1.165) is 26.2 Å². The van der Waals surface area contributed by atoms with Crippen LogP contribution in [-0.4, -0.2) is 30.1 Å². The lowest BCUT2D eigenvalue weighted by Crippen LogP contribution is -2.28. The van der Waals surface area contributed by atoms with E-state index in [-0.39, 0.29) is 0 Å². The van der Waals surface area contributed by atoms with E-state index in [0.29, 0.717) is 4.75 Å². The number of benzene rings is 1. The minimum Gasteiger partial charge on any atom is -0.370 e. The predicted octanol–water partition coefficient (Wildman–Crippen LogP) is 4.67. The molecule has 1 N–H and O–H groups in total. The van der Waals surface area contributed by atoms with Crippen molar-refractivity contribution in [2.75, 3.05) is 30.3 Å². The van der Waals surface area contributed by atoms with Crippen LogP contribution in [0.15, 0.2) is 22.7 Å². The van der Waals surface area contributed by atoms with E-state index < -0.39 is 0 Å². The molecule has 0 bridgehead atoms. The molecule has 1 saturated heterocycles. The minimum atomic E-state index is 0.407. The Morgan fingerprint density at radius 2 is 2.14 bits per heavy atom. The van der Waals surface area contributed by atoms with Gasteiger partial charge in [0, 0.05) is 40.3 Å². The summed E-state index contributed by atoms with van der Waals surface area (Å²) in [6, 6.07) is 6.71. The standard InChI is InChI=1S/C17H27BrN2S/c1-4-8-19-13-14-12-15(18)5-6-16(14)20-9-7-17(2,3)21-11-10-20/h5-6,12,19H,4,7-11,13H2,1-3H3. The molecule has 1 fully saturated rings. The normalized spacial score (nSPS) is 18.6. The van der Waals surface area contributed by atoms with Crippen LogP contribution in [0.5, 0.6) is 0 Å². The fraction of sp³-hybridized carbons (Fsp3) is 0.647. The van der Waals surface area contributed by atoms with Crippen LogP contribution in [-0.2, 0) is 6.54 Å². The van der Waals surface area contributed by atoms with Crippen LogP contribution in [0.1, 0.15) is 39.2 Å². The van der Waals surface area contributed by atoms with Gasteiger partial charge in [-0.1, -0.05) is 36.7 Å². The molecule has 4 heteroatoms. The average molecular weight is 371 g/mol. The third-order valence-electron chi connectivity index (χ3n) is 3.96. The molecule has 2 rings (SSSR count). The summed E-state index contributed by atoms with van der Waals surface area (Å²) in [6.07, 6.45) is 2.42. The Morgan fingerprint density at radius 3 is 2.90 bits per heavy atom. The second-order valence-corrected chi connectivity index (χ2v) is 9.01. The van der Waals surface area contributed by atoms with Crippen LogP contribution < -0.4 is 10.2 Å². The topological polar surface area (TPSA) is 15.3 Å². The molecule has 1 aromatic rings. The van der Waals surface area contributed by atoms with E-state index in [1.54, 1.807) is 0 Å². The number of hydrogen-bond donors (Lipinski definition) is 1. The number of halogens is 1. The summed E-state index contributed by atoms with van der Waals surface area (Å²) in [5.74, 6) is 1.21. The molecule has 1 aromatic carbocycles. The van der Waals surface area contributed by atoms with Crippen molar-refractivity contribution in [1.82, 2.24) is 5.32 Å². The van der Waals surface area contributed by atoms with Crippen molar-refractivity contribution in [3.8, 4) is 0 Å². The monoisotopic (exact) mass is 370 g/mol. The maximum atomic E-state index is 3.61. The third-order valence-corrected chi connectivity index (χ3v) is 5.83. The maximum Gasteiger partial charge on any atom is 0.0412 e. The van der Waals surface area contributed by atoms with Gasteiger partial charge >= 0.3 is 0 Å². The van der Waals surface area contributed by atoms with Gasteiger partial charge in [-0.05, 0) is 43.1 Å². The highest BCUT2D eigenvalue weighted by Gasteiger charge is 2.24. The summed E-state index contributed by atoms with van der Waals surface area (Å²) < 4.78 is 1.58. The van der Waals surface area contributed by atoms with Gasteiger partial charge in [-0.2, -0.15) is 11.8 Å². The third kappa shape index (κ3) is 5.19. The van der Waals surface area contributed by atoms with Crippen molar-refractivity contribution < 1.29 is 0 Å². The number of thioether (sulfide) groups is 1. The molecular weight excluding hydrogens is 344 g/mol. The summed E-state index contributed by atoms with van der Waals surface area (Å²) in [5.41, 5.74) is 2.81. The largest absolute Gasteiger partial charge is 0.370 e. The number of rotatable bonds is 5. The van der Waals surface area contributed by atoms with Gasteiger partial charge in [0.1, 0.15) is 0 Å². The highest BCUT2D eigenvalue weighted by molar-refractivity contribution is 9.10. The van der Waals surface area contributed by atoms with Crippen molar-refractivity contribution in [2.45, 2.75) is 44.9 Å². The summed E-state index contributed by atoms with van der Waals surface area (Å²) in [6.45, 7) is 11.3. The molecule has 0 saturated carbocycles. The van der Waals surface area contributed by atoms with Crippen molar-refractivity contribution in [3.05, 3.63) is 28.2 Å². The van der Waals surface area contributed by atoms with E-state index in [4.69, 9.17) is 0 Å². The molecule has 0 aliphatic carbocycles. The first-order valence-electron chi connectivity index (χ1n) is 7.90. The Kier molecular flexibility index (Phi) is 6.45. The zero-order chi connectivity index (χ0) is 15.3.